The van der Waals surface area contributed by atoms with Crippen molar-refractivity contribution >= 4 is 11.9 Å². The quantitative estimate of drug-likeness (QED) is 0.738. The lowest BCUT2D eigenvalue weighted by Gasteiger charge is -2.33. The molecule has 1 saturated heterocycles. The van der Waals surface area contributed by atoms with Crippen LogP contribution in [0.2, 0.25) is 0 Å². The van der Waals surface area contributed by atoms with E-state index in [0.717, 1.165) is 6.04 Å². The van der Waals surface area contributed by atoms with Gasteiger partial charge in [-0.25, -0.2) is 4.31 Å². The molecule has 1 aromatic rings. The minimum absolute atomic E-state index is 0.754. The van der Waals surface area contributed by atoms with Crippen LogP contribution in [0.3, 0.4) is 0 Å². The fourth-order valence-electron chi connectivity index (χ4n) is 2.08. The summed E-state index contributed by atoms with van der Waals surface area (Å²) in [4.78, 5) is 1.26. The predicted molar refractivity (Wildman–Crippen MR) is 63.7 cm³/mol. The molecule has 1 unspecified atom stereocenters. The Bertz CT molecular complexity index is 311. The number of hydrogen-bond acceptors (Lipinski definition) is 3. The van der Waals surface area contributed by atoms with Gasteiger partial charge in [-0.2, -0.15) is 5.10 Å². The Morgan fingerprint density at radius 3 is 3.07 bits per heavy atom. The number of aryl methyl sites for hydroxylation is 1. The van der Waals surface area contributed by atoms with Gasteiger partial charge >= 0.3 is 0 Å². The summed E-state index contributed by atoms with van der Waals surface area (Å²) in [6, 6.07) is 0.754. The summed E-state index contributed by atoms with van der Waals surface area (Å²) in [6.45, 7) is 3.50. The third-order valence-corrected chi connectivity index (χ3v) is 4.09. The first-order valence-corrected chi connectivity index (χ1v) is 6.50. The third-order valence-electron chi connectivity index (χ3n) is 2.95. The van der Waals surface area contributed by atoms with Crippen LogP contribution in [0.1, 0.15) is 32.6 Å². The van der Waals surface area contributed by atoms with Gasteiger partial charge in [-0.15, -0.1) is 0 Å². The highest BCUT2D eigenvalue weighted by molar-refractivity contribution is 7.97. The Labute approximate surface area is 96.0 Å². The Morgan fingerprint density at radius 1 is 1.53 bits per heavy atom. The molecule has 0 amide bonds. The lowest BCUT2D eigenvalue weighted by Crippen LogP contribution is -2.33. The first-order valence-electron chi connectivity index (χ1n) is 5.73. The molecule has 0 radical (unpaired) electrons. The Morgan fingerprint density at radius 2 is 2.40 bits per heavy atom. The number of hydrogen-bond donors (Lipinski definition) is 0. The van der Waals surface area contributed by atoms with Crippen molar-refractivity contribution < 1.29 is 0 Å². The predicted octanol–water partition coefficient (Wildman–Crippen LogP) is 2.69. The molecule has 1 fully saturated rings. The molecule has 2 rings (SSSR count). The van der Waals surface area contributed by atoms with Crippen LogP contribution < -0.4 is 0 Å². The Hall–Kier alpha value is -0.480. The molecule has 0 aliphatic carbocycles. The minimum atomic E-state index is 0.754. The molecule has 4 heteroatoms. The molecular weight excluding hydrogens is 206 g/mol. The van der Waals surface area contributed by atoms with E-state index >= 15 is 0 Å². The van der Waals surface area contributed by atoms with E-state index in [2.05, 4.69) is 22.5 Å². The van der Waals surface area contributed by atoms with Crippen LogP contribution in [0.25, 0.3) is 0 Å². The van der Waals surface area contributed by atoms with Gasteiger partial charge in [0.05, 0.1) is 11.1 Å². The lowest BCUT2D eigenvalue weighted by atomic mass is 10.0. The van der Waals surface area contributed by atoms with Gasteiger partial charge in [0.1, 0.15) is 0 Å². The van der Waals surface area contributed by atoms with Crippen molar-refractivity contribution in [3.8, 4) is 0 Å². The van der Waals surface area contributed by atoms with E-state index in [1.54, 1.807) is 0 Å². The topological polar surface area (TPSA) is 21.1 Å². The van der Waals surface area contributed by atoms with Crippen LogP contribution in [0, 0.1) is 0 Å². The van der Waals surface area contributed by atoms with Crippen LogP contribution in [0.4, 0.5) is 0 Å². The maximum absolute atomic E-state index is 4.20. The molecule has 1 atom stereocenters. The van der Waals surface area contributed by atoms with Crippen LogP contribution in [0.5, 0.6) is 0 Å². The van der Waals surface area contributed by atoms with Crippen LogP contribution >= 0.6 is 11.9 Å². The zero-order valence-corrected chi connectivity index (χ0v) is 10.3. The first kappa shape index (κ1) is 11.0. The maximum atomic E-state index is 4.20. The SMILES string of the molecule is CCC1CCCCN1Sc1cnn(C)c1. The summed E-state index contributed by atoms with van der Waals surface area (Å²) in [5, 5.41) is 4.20. The largest absolute Gasteiger partial charge is 0.275 e. The van der Waals surface area contributed by atoms with E-state index in [4.69, 9.17) is 0 Å². The van der Waals surface area contributed by atoms with Crippen LogP contribution in [-0.4, -0.2) is 26.7 Å². The van der Waals surface area contributed by atoms with Crippen molar-refractivity contribution in [2.45, 2.75) is 43.5 Å². The van der Waals surface area contributed by atoms with Gasteiger partial charge in [-0.3, -0.25) is 4.68 Å². The smallest absolute Gasteiger partial charge is 0.0639 e. The highest BCUT2D eigenvalue weighted by Gasteiger charge is 2.21. The summed E-state index contributed by atoms with van der Waals surface area (Å²) in [5.74, 6) is 0. The van der Waals surface area contributed by atoms with Crippen molar-refractivity contribution in [1.29, 1.82) is 0 Å². The summed E-state index contributed by atoms with van der Waals surface area (Å²) in [5.41, 5.74) is 0. The van der Waals surface area contributed by atoms with Crippen molar-refractivity contribution in [2.75, 3.05) is 6.54 Å². The number of nitrogens with zero attached hydrogens (tertiary/aromatic N) is 3. The third kappa shape index (κ3) is 2.75. The van der Waals surface area contributed by atoms with Crippen molar-refractivity contribution in [1.82, 2.24) is 14.1 Å². The first-order chi connectivity index (χ1) is 7.29. The zero-order chi connectivity index (χ0) is 10.7. The van der Waals surface area contributed by atoms with Gasteiger partial charge in [-0.05, 0) is 31.2 Å². The van der Waals surface area contributed by atoms with Crippen molar-refractivity contribution in [2.24, 2.45) is 7.05 Å². The van der Waals surface area contributed by atoms with Gasteiger partial charge in [0.15, 0.2) is 0 Å². The second kappa shape index (κ2) is 5.03. The Kier molecular flexibility index (Phi) is 3.70. The van der Waals surface area contributed by atoms with E-state index in [1.165, 1.54) is 37.1 Å². The average Bonchev–Trinajstić information content (AvgIpc) is 2.65. The van der Waals surface area contributed by atoms with Crippen LogP contribution in [-0.2, 0) is 7.05 Å². The molecular formula is C11H19N3S. The van der Waals surface area contributed by atoms with E-state index in [9.17, 15) is 0 Å². The van der Waals surface area contributed by atoms with Gasteiger partial charge < -0.3 is 0 Å². The van der Waals surface area contributed by atoms with E-state index in [0.29, 0.717) is 0 Å². The molecule has 0 bridgehead atoms. The summed E-state index contributed by atoms with van der Waals surface area (Å²) < 4.78 is 4.40. The number of rotatable bonds is 3. The molecule has 15 heavy (non-hydrogen) atoms. The number of piperidine rings is 1. The molecule has 0 saturated carbocycles. The van der Waals surface area contributed by atoms with E-state index in [-0.39, 0.29) is 0 Å². The molecule has 0 aromatic carbocycles. The van der Waals surface area contributed by atoms with Gasteiger partial charge in [-0.1, -0.05) is 13.3 Å². The second-order valence-electron chi connectivity index (χ2n) is 4.14. The van der Waals surface area contributed by atoms with Gasteiger partial charge in [0, 0.05) is 25.8 Å². The molecule has 0 N–H and O–H groups in total. The second-order valence-corrected chi connectivity index (χ2v) is 5.26. The standard InChI is InChI=1S/C11H19N3S/c1-3-10-6-4-5-7-14(10)15-11-8-12-13(2)9-11/h8-10H,3-7H2,1-2H3. The molecule has 2 heterocycles. The zero-order valence-electron chi connectivity index (χ0n) is 9.52. The Balaban J connectivity index is 1.97. The highest BCUT2D eigenvalue weighted by atomic mass is 32.2. The molecule has 84 valence electrons. The van der Waals surface area contributed by atoms with Gasteiger partial charge in [0.25, 0.3) is 0 Å². The maximum Gasteiger partial charge on any atom is 0.0639 e. The molecule has 0 spiro atoms. The van der Waals surface area contributed by atoms with Crippen LogP contribution in [0.15, 0.2) is 17.3 Å². The van der Waals surface area contributed by atoms with E-state index < -0.39 is 0 Å². The molecule has 1 aromatic heterocycles. The van der Waals surface area contributed by atoms with Crippen molar-refractivity contribution in [3.05, 3.63) is 12.4 Å². The average molecular weight is 225 g/mol. The number of aromatic nitrogens is 2. The minimum Gasteiger partial charge on any atom is -0.275 e. The summed E-state index contributed by atoms with van der Waals surface area (Å²) >= 11 is 1.87. The fraction of sp³-hybridized carbons (Fsp3) is 0.727. The molecule has 3 nitrogen and oxygen atoms in total. The highest BCUT2D eigenvalue weighted by Crippen LogP contribution is 2.30. The fourth-order valence-corrected chi connectivity index (χ4v) is 3.27. The van der Waals surface area contributed by atoms with Gasteiger partial charge in [0.2, 0.25) is 0 Å². The monoisotopic (exact) mass is 225 g/mol. The summed E-state index contributed by atoms with van der Waals surface area (Å²) in [7, 11) is 1.97. The van der Waals surface area contributed by atoms with E-state index in [1.807, 2.05) is 29.9 Å². The molecule has 1 aliphatic rings. The molecule has 1 aliphatic heterocycles. The normalized spacial score (nSPS) is 23.2. The summed E-state index contributed by atoms with van der Waals surface area (Å²) in [6.07, 6.45) is 9.38. The lowest BCUT2D eigenvalue weighted by molar-refractivity contribution is 0.268. The van der Waals surface area contributed by atoms with Crippen molar-refractivity contribution in [3.63, 3.8) is 0 Å².